The minimum absolute atomic E-state index is 0.0868. The SMILES string of the molecule is C=CCC1(OC(=O)C(C)(C)C)CCCCC1. The van der Waals surface area contributed by atoms with E-state index in [4.69, 9.17) is 4.74 Å². The Balaban J connectivity index is 2.70. The van der Waals surface area contributed by atoms with Crippen LogP contribution in [0.2, 0.25) is 0 Å². The van der Waals surface area contributed by atoms with Gasteiger partial charge in [0, 0.05) is 6.42 Å². The van der Waals surface area contributed by atoms with Crippen LogP contribution in [0.4, 0.5) is 0 Å². The molecule has 92 valence electrons. The summed E-state index contributed by atoms with van der Waals surface area (Å²) in [6, 6.07) is 0. The average Bonchev–Trinajstić information content (AvgIpc) is 2.17. The van der Waals surface area contributed by atoms with Gasteiger partial charge < -0.3 is 4.74 Å². The van der Waals surface area contributed by atoms with E-state index in [1.807, 2.05) is 26.8 Å². The van der Waals surface area contributed by atoms with Crippen LogP contribution in [-0.4, -0.2) is 11.6 Å². The molecule has 0 spiro atoms. The number of carbonyl (C=O) groups is 1. The molecule has 0 radical (unpaired) electrons. The molecule has 0 aromatic rings. The van der Waals surface area contributed by atoms with E-state index in [2.05, 4.69) is 6.58 Å². The highest BCUT2D eigenvalue weighted by molar-refractivity contribution is 5.75. The molecule has 0 atom stereocenters. The van der Waals surface area contributed by atoms with Gasteiger partial charge in [0.15, 0.2) is 0 Å². The Hall–Kier alpha value is -0.790. The summed E-state index contributed by atoms with van der Waals surface area (Å²) in [6.45, 7) is 9.49. The molecule has 0 aliphatic heterocycles. The van der Waals surface area contributed by atoms with Gasteiger partial charge in [-0.05, 0) is 46.5 Å². The number of hydrogen-bond donors (Lipinski definition) is 0. The van der Waals surface area contributed by atoms with Crippen molar-refractivity contribution in [3.05, 3.63) is 12.7 Å². The topological polar surface area (TPSA) is 26.3 Å². The Labute approximate surface area is 99.1 Å². The highest BCUT2D eigenvalue weighted by Crippen LogP contribution is 2.36. The molecule has 2 heteroatoms. The lowest BCUT2D eigenvalue weighted by Gasteiger charge is -2.38. The lowest BCUT2D eigenvalue weighted by Crippen LogP contribution is -2.40. The Bertz CT molecular complexity index is 254. The Morgan fingerprint density at radius 2 is 1.88 bits per heavy atom. The number of esters is 1. The molecule has 0 heterocycles. The molecular formula is C14H24O2. The maximum Gasteiger partial charge on any atom is 0.311 e. The van der Waals surface area contributed by atoms with E-state index in [0.29, 0.717) is 0 Å². The molecule has 0 aromatic carbocycles. The van der Waals surface area contributed by atoms with Gasteiger partial charge in [0.05, 0.1) is 5.41 Å². The highest BCUT2D eigenvalue weighted by atomic mass is 16.6. The van der Waals surface area contributed by atoms with Crippen molar-refractivity contribution in [1.82, 2.24) is 0 Å². The van der Waals surface area contributed by atoms with Crippen LogP contribution in [0.3, 0.4) is 0 Å². The molecule has 1 fully saturated rings. The first-order chi connectivity index (χ1) is 7.40. The number of rotatable bonds is 3. The van der Waals surface area contributed by atoms with E-state index < -0.39 is 5.41 Å². The van der Waals surface area contributed by atoms with Crippen LogP contribution in [0, 0.1) is 5.41 Å². The molecule has 0 N–H and O–H groups in total. The van der Waals surface area contributed by atoms with E-state index in [9.17, 15) is 4.79 Å². The molecule has 0 bridgehead atoms. The maximum absolute atomic E-state index is 12.0. The predicted octanol–water partition coefficient (Wildman–Crippen LogP) is 3.85. The molecule has 1 aliphatic rings. The van der Waals surface area contributed by atoms with E-state index in [1.165, 1.54) is 6.42 Å². The van der Waals surface area contributed by atoms with Crippen molar-refractivity contribution >= 4 is 5.97 Å². The second-order valence-corrected chi connectivity index (χ2v) is 5.88. The first-order valence-corrected chi connectivity index (χ1v) is 6.24. The molecular weight excluding hydrogens is 200 g/mol. The van der Waals surface area contributed by atoms with Crippen LogP contribution in [0.1, 0.15) is 59.3 Å². The lowest BCUT2D eigenvalue weighted by atomic mass is 9.82. The van der Waals surface area contributed by atoms with Gasteiger partial charge in [-0.1, -0.05) is 12.5 Å². The smallest absolute Gasteiger partial charge is 0.311 e. The van der Waals surface area contributed by atoms with Crippen LogP contribution in [0.15, 0.2) is 12.7 Å². The molecule has 0 saturated heterocycles. The molecule has 0 aromatic heterocycles. The third-order valence-electron chi connectivity index (χ3n) is 3.20. The van der Waals surface area contributed by atoms with Crippen LogP contribution in [0.5, 0.6) is 0 Å². The van der Waals surface area contributed by atoms with Gasteiger partial charge in [-0.3, -0.25) is 4.79 Å². The van der Waals surface area contributed by atoms with Gasteiger partial charge in [0.2, 0.25) is 0 Å². The van der Waals surface area contributed by atoms with E-state index in [0.717, 1.165) is 32.1 Å². The fraction of sp³-hybridized carbons (Fsp3) is 0.786. The molecule has 1 saturated carbocycles. The third-order valence-corrected chi connectivity index (χ3v) is 3.20. The summed E-state index contributed by atoms with van der Waals surface area (Å²) in [4.78, 5) is 12.0. The Morgan fingerprint density at radius 1 is 1.31 bits per heavy atom. The van der Waals surface area contributed by atoms with Gasteiger partial charge >= 0.3 is 5.97 Å². The van der Waals surface area contributed by atoms with Crippen molar-refractivity contribution in [3.63, 3.8) is 0 Å². The zero-order chi connectivity index (χ0) is 12.2. The quantitative estimate of drug-likeness (QED) is 0.537. The second-order valence-electron chi connectivity index (χ2n) is 5.88. The minimum atomic E-state index is -0.411. The number of carbonyl (C=O) groups excluding carboxylic acids is 1. The first kappa shape index (κ1) is 13.3. The molecule has 16 heavy (non-hydrogen) atoms. The van der Waals surface area contributed by atoms with Gasteiger partial charge in [-0.2, -0.15) is 0 Å². The van der Waals surface area contributed by atoms with Crippen LogP contribution < -0.4 is 0 Å². The zero-order valence-corrected chi connectivity index (χ0v) is 10.8. The van der Waals surface area contributed by atoms with Gasteiger partial charge in [0.1, 0.15) is 5.60 Å². The summed E-state index contributed by atoms with van der Waals surface area (Å²) in [5, 5.41) is 0. The first-order valence-electron chi connectivity index (χ1n) is 6.24. The van der Waals surface area contributed by atoms with Gasteiger partial charge in [0.25, 0.3) is 0 Å². The number of hydrogen-bond acceptors (Lipinski definition) is 2. The van der Waals surface area contributed by atoms with E-state index in [-0.39, 0.29) is 11.6 Å². The zero-order valence-electron chi connectivity index (χ0n) is 10.8. The molecule has 2 nitrogen and oxygen atoms in total. The predicted molar refractivity (Wildman–Crippen MR) is 66.2 cm³/mol. The van der Waals surface area contributed by atoms with Crippen molar-refractivity contribution in [2.45, 2.75) is 64.9 Å². The summed E-state index contributed by atoms with van der Waals surface area (Å²) < 4.78 is 5.77. The Morgan fingerprint density at radius 3 is 2.31 bits per heavy atom. The van der Waals surface area contributed by atoms with Crippen molar-refractivity contribution in [1.29, 1.82) is 0 Å². The van der Waals surface area contributed by atoms with E-state index >= 15 is 0 Å². The summed E-state index contributed by atoms with van der Waals surface area (Å²) in [5.41, 5.74) is -0.671. The summed E-state index contributed by atoms with van der Waals surface area (Å²) >= 11 is 0. The normalized spacial score (nSPS) is 20.2. The van der Waals surface area contributed by atoms with E-state index in [1.54, 1.807) is 0 Å². The largest absolute Gasteiger partial charge is 0.458 e. The average molecular weight is 224 g/mol. The van der Waals surface area contributed by atoms with Crippen molar-refractivity contribution in [2.75, 3.05) is 0 Å². The summed E-state index contributed by atoms with van der Waals surface area (Å²) in [6.07, 6.45) is 8.21. The van der Waals surface area contributed by atoms with Crippen molar-refractivity contribution in [3.8, 4) is 0 Å². The monoisotopic (exact) mass is 224 g/mol. The van der Waals surface area contributed by atoms with Gasteiger partial charge in [-0.15, -0.1) is 6.58 Å². The van der Waals surface area contributed by atoms with Crippen LogP contribution >= 0.6 is 0 Å². The van der Waals surface area contributed by atoms with Crippen LogP contribution in [-0.2, 0) is 9.53 Å². The molecule has 0 amide bonds. The third kappa shape index (κ3) is 3.36. The molecule has 1 rings (SSSR count). The fourth-order valence-corrected chi connectivity index (χ4v) is 2.16. The molecule has 0 unspecified atom stereocenters. The maximum atomic E-state index is 12.0. The standard InChI is InChI=1S/C14H24O2/c1-5-9-14(10-7-6-8-11-14)16-12(15)13(2,3)4/h5H,1,6-11H2,2-4H3. The van der Waals surface area contributed by atoms with Crippen LogP contribution in [0.25, 0.3) is 0 Å². The Kier molecular flexibility index (Phi) is 4.17. The minimum Gasteiger partial charge on any atom is -0.458 e. The number of ether oxygens (including phenoxy) is 1. The van der Waals surface area contributed by atoms with Gasteiger partial charge in [-0.25, -0.2) is 0 Å². The summed E-state index contributed by atoms with van der Waals surface area (Å²) in [7, 11) is 0. The summed E-state index contributed by atoms with van der Waals surface area (Å²) in [5.74, 6) is -0.0868. The second kappa shape index (κ2) is 5.03. The van der Waals surface area contributed by atoms with Crippen molar-refractivity contribution in [2.24, 2.45) is 5.41 Å². The fourth-order valence-electron chi connectivity index (χ4n) is 2.16. The highest BCUT2D eigenvalue weighted by Gasteiger charge is 2.37. The van der Waals surface area contributed by atoms with Crippen molar-refractivity contribution < 1.29 is 9.53 Å². The lowest BCUT2D eigenvalue weighted by molar-refractivity contribution is -0.172. The molecule has 1 aliphatic carbocycles.